The molecule has 3 rings (SSSR count). The van der Waals surface area contributed by atoms with E-state index in [4.69, 9.17) is 0 Å². The van der Waals surface area contributed by atoms with E-state index in [0.717, 1.165) is 23.5 Å². The molecule has 5 nitrogen and oxygen atoms in total. The Bertz CT molecular complexity index is 600. The Hall–Kier alpha value is -1.53. The monoisotopic (exact) mass is 361 g/mol. The van der Waals surface area contributed by atoms with Crippen molar-refractivity contribution in [2.45, 2.75) is 37.0 Å². The predicted octanol–water partition coefficient (Wildman–Crippen LogP) is 2.51. The number of hydrogen-bond acceptors (Lipinski definition) is 4. The van der Waals surface area contributed by atoms with Crippen molar-refractivity contribution in [3.63, 3.8) is 0 Å². The van der Waals surface area contributed by atoms with Gasteiger partial charge in [0.25, 0.3) is 0 Å². The highest BCUT2D eigenvalue weighted by Gasteiger charge is 2.25. The summed E-state index contributed by atoms with van der Waals surface area (Å²) in [6, 6.07) is 7.78. The molecular weight excluding hydrogens is 334 g/mol. The fourth-order valence-electron chi connectivity index (χ4n) is 3.42. The zero-order chi connectivity index (χ0) is 17.5. The quantitative estimate of drug-likeness (QED) is 0.791. The number of anilines is 1. The van der Waals surface area contributed by atoms with Crippen LogP contribution in [0.25, 0.3) is 0 Å². The molecule has 25 heavy (non-hydrogen) atoms. The highest BCUT2D eigenvalue weighted by molar-refractivity contribution is 8.00. The SMILES string of the molecule is O=C(CN1C(=O)CSc2ccccc21)NCCCN1CCCCCC1. The second kappa shape index (κ2) is 9.25. The Morgan fingerprint density at radius 1 is 1.12 bits per heavy atom. The van der Waals surface area contributed by atoms with Crippen LogP contribution < -0.4 is 10.2 Å². The maximum absolute atomic E-state index is 12.2. The number of hydrogen-bond donors (Lipinski definition) is 1. The van der Waals surface area contributed by atoms with Gasteiger partial charge in [-0.2, -0.15) is 0 Å². The molecule has 1 saturated heterocycles. The Kier molecular flexibility index (Phi) is 6.76. The number of para-hydroxylation sites is 1. The first-order valence-electron chi connectivity index (χ1n) is 9.25. The summed E-state index contributed by atoms with van der Waals surface area (Å²) in [4.78, 5) is 29.6. The van der Waals surface area contributed by atoms with Crippen molar-refractivity contribution in [2.24, 2.45) is 0 Å². The Morgan fingerprint density at radius 3 is 2.68 bits per heavy atom. The smallest absolute Gasteiger partial charge is 0.240 e. The molecule has 2 amide bonds. The van der Waals surface area contributed by atoms with Gasteiger partial charge in [0.1, 0.15) is 6.54 Å². The van der Waals surface area contributed by atoms with E-state index in [1.807, 2.05) is 24.3 Å². The molecule has 1 N–H and O–H groups in total. The summed E-state index contributed by atoms with van der Waals surface area (Å²) >= 11 is 1.54. The molecule has 0 saturated carbocycles. The van der Waals surface area contributed by atoms with Crippen LogP contribution in [0.1, 0.15) is 32.1 Å². The third-order valence-electron chi connectivity index (χ3n) is 4.78. The lowest BCUT2D eigenvalue weighted by Crippen LogP contribution is -2.43. The van der Waals surface area contributed by atoms with Gasteiger partial charge in [-0.3, -0.25) is 9.59 Å². The van der Waals surface area contributed by atoms with Gasteiger partial charge in [0.2, 0.25) is 11.8 Å². The lowest BCUT2D eigenvalue weighted by atomic mass is 10.2. The van der Waals surface area contributed by atoms with Gasteiger partial charge in [0.15, 0.2) is 0 Å². The predicted molar refractivity (Wildman–Crippen MR) is 102 cm³/mol. The Balaban J connectivity index is 1.42. The minimum atomic E-state index is -0.0779. The minimum Gasteiger partial charge on any atom is -0.355 e. The standard InChI is InChI=1S/C19H27N3O2S/c23-18(20-10-7-13-21-11-5-1-2-6-12-21)14-22-16-8-3-4-9-17(16)25-15-19(22)24/h3-4,8-9H,1-2,5-7,10-15H2,(H,20,23). The summed E-state index contributed by atoms with van der Waals surface area (Å²) in [5, 5.41) is 2.97. The molecule has 136 valence electrons. The number of carbonyl (C=O) groups is 2. The zero-order valence-corrected chi connectivity index (χ0v) is 15.5. The first kappa shape index (κ1) is 18.3. The molecule has 2 aliphatic heterocycles. The van der Waals surface area contributed by atoms with E-state index in [1.165, 1.54) is 50.5 Å². The molecule has 0 atom stereocenters. The average Bonchev–Trinajstić information content (AvgIpc) is 2.90. The fourth-order valence-corrected chi connectivity index (χ4v) is 4.35. The average molecular weight is 362 g/mol. The van der Waals surface area contributed by atoms with Crippen molar-refractivity contribution in [1.82, 2.24) is 10.2 Å². The zero-order valence-electron chi connectivity index (χ0n) is 14.7. The van der Waals surface area contributed by atoms with Crippen molar-refractivity contribution in [1.29, 1.82) is 0 Å². The number of benzene rings is 1. The van der Waals surface area contributed by atoms with E-state index >= 15 is 0 Å². The normalized spacial score (nSPS) is 18.6. The van der Waals surface area contributed by atoms with Crippen LogP contribution in [0.15, 0.2) is 29.2 Å². The molecule has 1 fully saturated rings. The molecule has 2 heterocycles. The number of fused-ring (bicyclic) bond motifs is 1. The number of rotatable bonds is 6. The summed E-state index contributed by atoms with van der Waals surface area (Å²) in [5.41, 5.74) is 0.850. The first-order chi connectivity index (χ1) is 12.2. The van der Waals surface area contributed by atoms with Gasteiger partial charge in [0, 0.05) is 11.4 Å². The van der Waals surface area contributed by atoms with Crippen LogP contribution in [0.3, 0.4) is 0 Å². The molecule has 0 aromatic heterocycles. The number of likely N-dealkylation sites (tertiary alicyclic amines) is 1. The summed E-state index contributed by atoms with van der Waals surface area (Å²) in [6.07, 6.45) is 6.24. The van der Waals surface area contributed by atoms with Crippen molar-refractivity contribution in [3.05, 3.63) is 24.3 Å². The fraction of sp³-hybridized carbons (Fsp3) is 0.579. The van der Waals surface area contributed by atoms with E-state index in [0.29, 0.717) is 12.3 Å². The summed E-state index contributed by atoms with van der Waals surface area (Å²) in [7, 11) is 0. The molecule has 2 aliphatic rings. The van der Waals surface area contributed by atoms with Gasteiger partial charge in [-0.25, -0.2) is 0 Å². The maximum atomic E-state index is 12.2. The second-order valence-corrected chi connectivity index (χ2v) is 7.71. The lowest BCUT2D eigenvalue weighted by Gasteiger charge is -2.28. The summed E-state index contributed by atoms with van der Waals surface area (Å²) in [5.74, 6) is 0.327. The molecule has 0 radical (unpaired) electrons. The lowest BCUT2D eigenvalue weighted by molar-refractivity contribution is -0.123. The number of nitrogens with zero attached hydrogens (tertiary/aromatic N) is 2. The molecule has 1 aromatic carbocycles. The summed E-state index contributed by atoms with van der Waals surface area (Å²) in [6.45, 7) is 4.20. The van der Waals surface area contributed by atoms with E-state index in [9.17, 15) is 9.59 Å². The minimum absolute atomic E-state index is 0.00316. The first-order valence-corrected chi connectivity index (χ1v) is 10.2. The molecule has 1 aromatic rings. The topological polar surface area (TPSA) is 52.7 Å². The van der Waals surface area contributed by atoms with Crippen LogP contribution in [-0.2, 0) is 9.59 Å². The molecule has 0 spiro atoms. The number of nitrogens with one attached hydrogen (secondary N) is 1. The molecular formula is C19H27N3O2S. The molecule has 0 aliphatic carbocycles. The largest absolute Gasteiger partial charge is 0.355 e. The van der Waals surface area contributed by atoms with Crippen LogP contribution in [0.4, 0.5) is 5.69 Å². The van der Waals surface area contributed by atoms with E-state index in [-0.39, 0.29) is 18.4 Å². The van der Waals surface area contributed by atoms with E-state index in [2.05, 4.69) is 10.2 Å². The van der Waals surface area contributed by atoms with Gasteiger partial charge >= 0.3 is 0 Å². The second-order valence-electron chi connectivity index (χ2n) is 6.70. The van der Waals surface area contributed by atoms with Crippen molar-refractivity contribution in [2.75, 3.05) is 43.4 Å². The number of carbonyl (C=O) groups excluding carboxylic acids is 2. The summed E-state index contributed by atoms with van der Waals surface area (Å²) < 4.78 is 0. The van der Waals surface area contributed by atoms with Crippen molar-refractivity contribution >= 4 is 29.3 Å². The van der Waals surface area contributed by atoms with Gasteiger partial charge in [-0.15, -0.1) is 11.8 Å². The van der Waals surface area contributed by atoms with Gasteiger partial charge in [-0.05, 0) is 51.0 Å². The van der Waals surface area contributed by atoms with Crippen LogP contribution in [0, 0.1) is 0 Å². The van der Waals surface area contributed by atoms with Crippen LogP contribution in [0.5, 0.6) is 0 Å². The number of thioether (sulfide) groups is 1. The van der Waals surface area contributed by atoms with Crippen molar-refractivity contribution < 1.29 is 9.59 Å². The van der Waals surface area contributed by atoms with Gasteiger partial charge in [-0.1, -0.05) is 25.0 Å². The van der Waals surface area contributed by atoms with E-state index < -0.39 is 0 Å². The van der Waals surface area contributed by atoms with Crippen LogP contribution >= 0.6 is 11.8 Å². The van der Waals surface area contributed by atoms with Gasteiger partial charge < -0.3 is 15.1 Å². The Labute approximate surface area is 154 Å². The maximum Gasteiger partial charge on any atom is 0.240 e. The van der Waals surface area contributed by atoms with E-state index in [1.54, 1.807) is 4.90 Å². The van der Waals surface area contributed by atoms with Gasteiger partial charge in [0.05, 0.1) is 11.4 Å². The molecule has 0 unspecified atom stereocenters. The van der Waals surface area contributed by atoms with Crippen LogP contribution in [-0.4, -0.2) is 55.2 Å². The molecule has 6 heteroatoms. The van der Waals surface area contributed by atoms with Crippen molar-refractivity contribution in [3.8, 4) is 0 Å². The highest BCUT2D eigenvalue weighted by Crippen LogP contribution is 2.34. The van der Waals surface area contributed by atoms with Crippen LogP contribution in [0.2, 0.25) is 0 Å². The molecule has 0 bridgehead atoms. The third kappa shape index (κ3) is 5.22. The number of amides is 2. The highest BCUT2D eigenvalue weighted by atomic mass is 32.2. The third-order valence-corrected chi connectivity index (χ3v) is 5.83. The Morgan fingerprint density at radius 2 is 1.88 bits per heavy atom.